The number of hydrogen-bond donors (Lipinski definition) is 3. The van der Waals surface area contributed by atoms with Gasteiger partial charge in [-0.2, -0.15) is 20.1 Å². The zero-order valence-electron chi connectivity index (χ0n) is 18.0. The Labute approximate surface area is 181 Å². The van der Waals surface area contributed by atoms with Crippen LogP contribution in [0.15, 0.2) is 59.7 Å². The predicted octanol–water partition coefficient (Wildman–Crippen LogP) is 3.34. The van der Waals surface area contributed by atoms with Gasteiger partial charge in [0.1, 0.15) is 0 Å². The molecule has 1 amide bonds. The first-order valence-electron chi connectivity index (χ1n) is 9.80. The molecule has 3 aromatic rings. The number of aromatic nitrogens is 3. The van der Waals surface area contributed by atoms with Crippen molar-refractivity contribution >= 4 is 35.2 Å². The third-order valence-corrected chi connectivity index (χ3v) is 4.26. The molecule has 0 aliphatic heterocycles. The summed E-state index contributed by atoms with van der Waals surface area (Å²) in [5.74, 6) is 1.20. The van der Waals surface area contributed by atoms with Gasteiger partial charge in [-0.3, -0.25) is 4.79 Å². The molecule has 0 saturated heterocycles. The van der Waals surface area contributed by atoms with Gasteiger partial charge >= 0.3 is 0 Å². The Morgan fingerprint density at radius 2 is 1.61 bits per heavy atom. The van der Waals surface area contributed by atoms with E-state index in [2.05, 4.69) is 36.1 Å². The fourth-order valence-electron chi connectivity index (χ4n) is 2.67. The molecule has 0 aliphatic rings. The number of hydrazone groups is 1. The summed E-state index contributed by atoms with van der Waals surface area (Å²) in [6.45, 7) is 3.95. The maximum absolute atomic E-state index is 11.1. The zero-order valence-corrected chi connectivity index (χ0v) is 18.0. The Morgan fingerprint density at radius 1 is 0.935 bits per heavy atom. The minimum atomic E-state index is -0.108. The highest BCUT2D eigenvalue weighted by molar-refractivity contribution is 5.99. The molecule has 0 aliphatic carbocycles. The number of nitrogens with zero attached hydrogens (tertiary/aromatic N) is 5. The van der Waals surface area contributed by atoms with Crippen LogP contribution in [0.3, 0.4) is 0 Å². The van der Waals surface area contributed by atoms with Crippen LogP contribution in [-0.2, 0) is 11.3 Å². The quantitative estimate of drug-likeness (QED) is 0.380. The number of anilines is 4. The molecule has 2 aromatic carbocycles. The van der Waals surface area contributed by atoms with E-state index in [9.17, 15) is 4.79 Å². The first kappa shape index (κ1) is 21.7. The van der Waals surface area contributed by atoms with E-state index >= 15 is 0 Å². The van der Waals surface area contributed by atoms with Crippen LogP contribution in [0.25, 0.3) is 0 Å². The number of amides is 1. The van der Waals surface area contributed by atoms with Gasteiger partial charge in [-0.1, -0.05) is 42.5 Å². The second-order valence-corrected chi connectivity index (χ2v) is 7.08. The molecule has 3 N–H and O–H groups in total. The summed E-state index contributed by atoms with van der Waals surface area (Å²) in [5, 5.41) is 10.4. The van der Waals surface area contributed by atoms with E-state index in [1.54, 1.807) is 4.90 Å². The first-order valence-corrected chi connectivity index (χ1v) is 9.80. The molecule has 0 saturated carbocycles. The molecule has 0 atom stereocenters. The average Bonchev–Trinajstić information content (AvgIpc) is 2.76. The number of carbonyl (C=O) groups is 1. The molecule has 0 unspecified atom stereocenters. The molecule has 160 valence electrons. The lowest BCUT2D eigenvalue weighted by atomic mass is 10.1. The summed E-state index contributed by atoms with van der Waals surface area (Å²) < 4.78 is 0. The van der Waals surface area contributed by atoms with E-state index in [-0.39, 0.29) is 5.91 Å². The number of carbonyl (C=O) groups excluding carboxylic acids is 1. The summed E-state index contributed by atoms with van der Waals surface area (Å²) in [7, 11) is 3.73. The second-order valence-electron chi connectivity index (χ2n) is 7.08. The van der Waals surface area contributed by atoms with E-state index in [1.807, 2.05) is 75.6 Å². The SMILES string of the molecule is CC(=O)Nc1ccc(C(C)=NNc2nc(NCc3ccccc3)nc(N(C)C)n2)cc1. The van der Waals surface area contributed by atoms with E-state index in [0.29, 0.717) is 24.4 Å². The van der Waals surface area contributed by atoms with Gasteiger partial charge in [0.2, 0.25) is 23.8 Å². The lowest BCUT2D eigenvalue weighted by molar-refractivity contribution is -0.114. The summed E-state index contributed by atoms with van der Waals surface area (Å²) in [4.78, 5) is 26.2. The molecule has 9 nitrogen and oxygen atoms in total. The van der Waals surface area contributed by atoms with Gasteiger partial charge < -0.3 is 15.5 Å². The Hall–Kier alpha value is -4.01. The van der Waals surface area contributed by atoms with Crippen molar-refractivity contribution in [2.75, 3.05) is 35.1 Å². The fourth-order valence-corrected chi connectivity index (χ4v) is 2.67. The average molecular weight is 419 g/mol. The number of hydrogen-bond acceptors (Lipinski definition) is 8. The first-order chi connectivity index (χ1) is 14.9. The monoisotopic (exact) mass is 418 g/mol. The Morgan fingerprint density at radius 3 is 2.26 bits per heavy atom. The summed E-state index contributed by atoms with van der Waals surface area (Å²) >= 11 is 0. The van der Waals surface area contributed by atoms with E-state index in [1.165, 1.54) is 6.92 Å². The molecule has 1 heterocycles. The molecule has 3 rings (SSSR count). The maximum Gasteiger partial charge on any atom is 0.250 e. The van der Waals surface area contributed by atoms with Gasteiger partial charge in [0, 0.05) is 33.3 Å². The van der Waals surface area contributed by atoms with Crippen LogP contribution in [0.5, 0.6) is 0 Å². The van der Waals surface area contributed by atoms with Gasteiger partial charge in [-0.15, -0.1) is 0 Å². The van der Waals surface area contributed by atoms with E-state index < -0.39 is 0 Å². The fraction of sp³-hybridized carbons (Fsp3) is 0.227. The smallest absolute Gasteiger partial charge is 0.250 e. The summed E-state index contributed by atoms with van der Waals surface area (Å²) in [5.41, 5.74) is 6.43. The minimum Gasteiger partial charge on any atom is -0.350 e. The molecular formula is C22H26N8O. The lowest BCUT2D eigenvalue weighted by Crippen LogP contribution is -2.16. The van der Waals surface area contributed by atoms with Crippen molar-refractivity contribution in [3.63, 3.8) is 0 Å². The highest BCUT2D eigenvalue weighted by Gasteiger charge is 2.08. The van der Waals surface area contributed by atoms with Crippen LogP contribution in [0.1, 0.15) is 25.0 Å². The predicted molar refractivity (Wildman–Crippen MR) is 125 cm³/mol. The molecule has 0 fully saturated rings. The Bertz CT molecular complexity index is 1050. The number of nitrogens with one attached hydrogen (secondary N) is 3. The highest BCUT2D eigenvalue weighted by Crippen LogP contribution is 2.14. The van der Waals surface area contributed by atoms with Crippen molar-refractivity contribution in [1.82, 2.24) is 15.0 Å². The van der Waals surface area contributed by atoms with Gasteiger partial charge in [0.05, 0.1) is 5.71 Å². The topological polar surface area (TPSA) is 107 Å². The minimum absolute atomic E-state index is 0.108. The molecule has 9 heteroatoms. The lowest BCUT2D eigenvalue weighted by Gasteiger charge is -2.13. The van der Waals surface area contributed by atoms with Crippen LogP contribution in [0.2, 0.25) is 0 Å². The third-order valence-electron chi connectivity index (χ3n) is 4.26. The van der Waals surface area contributed by atoms with Gasteiger partial charge in [-0.25, -0.2) is 5.43 Å². The largest absolute Gasteiger partial charge is 0.350 e. The van der Waals surface area contributed by atoms with Crippen molar-refractivity contribution in [3.05, 3.63) is 65.7 Å². The molecule has 0 spiro atoms. The number of benzene rings is 2. The van der Waals surface area contributed by atoms with Crippen LogP contribution in [-0.4, -0.2) is 40.7 Å². The van der Waals surface area contributed by atoms with Crippen molar-refractivity contribution in [2.24, 2.45) is 5.10 Å². The Kier molecular flexibility index (Phi) is 7.10. The van der Waals surface area contributed by atoms with E-state index in [0.717, 1.165) is 22.5 Å². The van der Waals surface area contributed by atoms with Crippen molar-refractivity contribution < 1.29 is 4.79 Å². The van der Waals surface area contributed by atoms with Crippen LogP contribution in [0.4, 0.5) is 23.5 Å². The van der Waals surface area contributed by atoms with Gasteiger partial charge in [0.25, 0.3) is 0 Å². The summed E-state index contributed by atoms with van der Waals surface area (Å²) in [6.07, 6.45) is 0. The van der Waals surface area contributed by atoms with Crippen LogP contribution >= 0.6 is 0 Å². The van der Waals surface area contributed by atoms with E-state index in [4.69, 9.17) is 0 Å². The standard InChI is InChI=1S/C22H26N8O/c1-15(18-10-12-19(13-11-18)24-16(2)31)28-29-21-25-20(26-22(27-21)30(3)4)23-14-17-8-6-5-7-9-17/h5-13H,14H2,1-4H3,(H,24,31)(H2,23,25,26,27,29). The van der Waals surface area contributed by atoms with Crippen molar-refractivity contribution in [1.29, 1.82) is 0 Å². The van der Waals surface area contributed by atoms with Crippen LogP contribution in [0, 0.1) is 0 Å². The normalized spacial score (nSPS) is 11.0. The molecule has 0 bridgehead atoms. The van der Waals surface area contributed by atoms with Crippen molar-refractivity contribution in [2.45, 2.75) is 20.4 Å². The second kappa shape index (κ2) is 10.1. The number of rotatable bonds is 8. The molecular weight excluding hydrogens is 392 g/mol. The molecule has 0 radical (unpaired) electrons. The Balaban J connectivity index is 1.73. The third kappa shape index (κ3) is 6.49. The van der Waals surface area contributed by atoms with Gasteiger partial charge in [0.15, 0.2) is 0 Å². The highest BCUT2D eigenvalue weighted by atomic mass is 16.1. The van der Waals surface area contributed by atoms with Crippen LogP contribution < -0.4 is 21.0 Å². The molecule has 31 heavy (non-hydrogen) atoms. The molecule has 1 aromatic heterocycles. The van der Waals surface area contributed by atoms with Gasteiger partial charge in [-0.05, 0) is 30.2 Å². The zero-order chi connectivity index (χ0) is 22.2. The maximum atomic E-state index is 11.1. The summed E-state index contributed by atoms with van der Waals surface area (Å²) in [6, 6.07) is 17.5. The van der Waals surface area contributed by atoms with Crippen molar-refractivity contribution in [3.8, 4) is 0 Å².